The van der Waals surface area contributed by atoms with E-state index in [0.717, 1.165) is 15.9 Å². The van der Waals surface area contributed by atoms with Crippen molar-refractivity contribution in [3.05, 3.63) is 57.8 Å². The highest BCUT2D eigenvalue weighted by atomic mass is 79.9. The lowest BCUT2D eigenvalue weighted by molar-refractivity contribution is -0.114. The number of benzene rings is 1. The second-order valence-corrected chi connectivity index (χ2v) is 5.57. The zero-order valence-electron chi connectivity index (χ0n) is 10.8. The van der Waals surface area contributed by atoms with Crippen molar-refractivity contribution in [3.8, 4) is 0 Å². The standard InChI is InChI=1S/C15H11BrN2O2/c1-9-3-2-4-11(17-9)8-18-13-7-10(16)5-6-12(13)14(19)15(18)20/h2-7H,8H2,1H3. The number of Topliss-reactive ketones (excluding diaryl/α,β-unsaturated/α-hetero) is 1. The van der Waals surface area contributed by atoms with Crippen molar-refractivity contribution < 1.29 is 9.59 Å². The number of aryl methyl sites for hydroxylation is 1. The number of hydrogen-bond acceptors (Lipinski definition) is 3. The molecule has 20 heavy (non-hydrogen) atoms. The number of amides is 1. The van der Waals surface area contributed by atoms with Gasteiger partial charge in [0.05, 0.1) is 23.5 Å². The molecule has 0 spiro atoms. The smallest absolute Gasteiger partial charge is 0.299 e. The van der Waals surface area contributed by atoms with Crippen molar-refractivity contribution in [1.82, 2.24) is 4.98 Å². The van der Waals surface area contributed by atoms with Crippen LogP contribution < -0.4 is 4.90 Å². The highest BCUT2D eigenvalue weighted by Gasteiger charge is 2.35. The fourth-order valence-electron chi connectivity index (χ4n) is 2.27. The molecule has 1 amide bonds. The molecule has 0 bridgehead atoms. The Hall–Kier alpha value is -2.01. The molecule has 0 unspecified atom stereocenters. The molecule has 0 radical (unpaired) electrons. The van der Waals surface area contributed by atoms with Crippen LogP contribution in [0.1, 0.15) is 21.7 Å². The summed E-state index contributed by atoms with van der Waals surface area (Å²) in [5.74, 6) is -0.957. The molecule has 0 saturated carbocycles. The van der Waals surface area contributed by atoms with E-state index in [0.29, 0.717) is 17.8 Å². The van der Waals surface area contributed by atoms with Crippen LogP contribution in [0.2, 0.25) is 0 Å². The van der Waals surface area contributed by atoms with Gasteiger partial charge in [0.15, 0.2) is 0 Å². The second-order valence-electron chi connectivity index (χ2n) is 4.65. The minimum absolute atomic E-state index is 0.301. The number of nitrogens with zero attached hydrogens (tertiary/aromatic N) is 2. The van der Waals surface area contributed by atoms with E-state index < -0.39 is 11.7 Å². The van der Waals surface area contributed by atoms with Crippen LogP contribution in [0.25, 0.3) is 0 Å². The molecule has 1 aliphatic heterocycles. The minimum atomic E-state index is -0.499. The molecule has 4 nitrogen and oxygen atoms in total. The number of anilines is 1. The van der Waals surface area contributed by atoms with Crippen LogP contribution >= 0.6 is 15.9 Å². The molecule has 1 aliphatic rings. The average molecular weight is 331 g/mol. The number of pyridine rings is 1. The van der Waals surface area contributed by atoms with Crippen LogP contribution in [-0.4, -0.2) is 16.7 Å². The summed E-state index contributed by atoms with van der Waals surface area (Å²) in [5, 5.41) is 0. The zero-order valence-corrected chi connectivity index (χ0v) is 12.3. The molecule has 1 aromatic carbocycles. The molecule has 0 saturated heterocycles. The summed E-state index contributed by atoms with van der Waals surface area (Å²) < 4.78 is 0.834. The van der Waals surface area contributed by atoms with Crippen LogP contribution in [0, 0.1) is 6.92 Å². The molecule has 2 aromatic rings. The minimum Gasteiger partial charge on any atom is -0.299 e. The number of aromatic nitrogens is 1. The monoisotopic (exact) mass is 330 g/mol. The lowest BCUT2D eigenvalue weighted by Crippen LogP contribution is -2.29. The van der Waals surface area contributed by atoms with Gasteiger partial charge in [-0.1, -0.05) is 22.0 Å². The lowest BCUT2D eigenvalue weighted by Gasteiger charge is -2.16. The highest BCUT2D eigenvalue weighted by Crippen LogP contribution is 2.32. The number of carbonyl (C=O) groups excluding carboxylic acids is 2. The molecule has 100 valence electrons. The summed E-state index contributed by atoms with van der Waals surface area (Å²) in [5.41, 5.74) is 2.73. The van der Waals surface area contributed by atoms with Gasteiger partial charge in [-0.2, -0.15) is 0 Å². The third kappa shape index (κ3) is 2.14. The molecule has 3 rings (SSSR count). The Bertz CT molecular complexity index is 728. The van der Waals surface area contributed by atoms with Crippen molar-refractivity contribution >= 4 is 33.3 Å². The normalized spacial score (nSPS) is 13.8. The Morgan fingerprint density at radius 3 is 2.75 bits per heavy atom. The zero-order chi connectivity index (χ0) is 14.3. The summed E-state index contributed by atoms with van der Waals surface area (Å²) in [7, 11) is 0. The Balaban J connectivity index is 2.01. The Kier molecular flexibility index (Phi) is 3.14. The molecule has 2 heterocycles. The second kappa shape index (κ2) is 4.83. The van der Waals surface area contributed by atoms with Crippen molar-refractivity contribution in [2.45, 2.75) is 13.5 Å². The van der Waals surface area contributed by atoms with E-state index in [1.54, 1.807) is 18.2 Å². The van der Waals surface area contributed by atoms with Crippen molar-refractivity contribution in [2.75, 3.05) is 4.90 Å². The van der Waals surface area contributed by atoms with Crippen molar-refractivity contribution in [2.24, 2.45) is 0 Å². The first-order valence-corrected chi connectivity index (χ1v) is 6.94. The average Bonchev–Trinajstić information content (AvgIpc) is 2.64. The van der Waals surface area contributed by atoms with Crippen LogP contribution in [0.15, 0.2) is 40.9 Å². The van der Waals surface area contributed by atoms with E-state index in [9.17, 15) is 9.59 Å². The first-order valence-electron chi connectivity index (χ1n) is 6.14. The largest absolute Gasteiger partial charge is 0.299 e. The number of halogens is 1. The summed E-state index contributed by atoms with van der Waals surface area (Å²) in [6.45, 7) is 2.20. The van der Waals surface area contributed by atoms with Gasteiger partial charge in [0.1, 0.15) is 0 Å². The maximum atomic E-state index is 12.1. The fourth-order valence-corrected chi connectivity index (χ4v) is 2.62. The number of hydrogen-bond donors (Lipinski definition) is 0. The predicted octanol–water partition coefficient (Wildman–Crippen LogP) is 2.88. The molecule has 0 aliphatic carbocycles. The fraction of sp³-hybridized carbons (Fsp3) is 0.133. The first-order chi connectivity index (χ1) is 9.56. The van der Waals surface area contributed by atoms with Crippen LogP contribution in [0.5, 0.6) is 0 Å². The number of carbonyl (C=O) groups is 2. The van der Waals surface area contributed by atoms with Crippen LogP contribution in [0.3, 0.4) is 0 Å². The molecular weight excluding hydrogens is 320 g/mol. The predicted molar refractivity (Wildman–Crippen MR) is 78.6 cm³/mol. The quantitative estimate of drug-likeness (QED) is 0.795. The van der Waals surface area contributed by atoms with Gasteiger partial charge in [-0.05, 0) is 37.3 Å². The van der Waals surface area contributed by atoms with Gasteiger partial charge in [-0.3, -0.25) is 19.5 Å². The lowest BCUT2D eigenvalue weighted by atomic mass is 10.1. The van der Waals surface area contributed by atoms with Gasteiger partial charge in [0, 0.05) is 10.2 Å². The summed E-state index contributed by atoms with van der Waals surface area (Å²) >= 11 is 3.36. The topological polar surface area (TPSA) is 50.3 Å². The van der Waals surface area contributed by atoms with E-state index in [1.165, 1.54) is 4.90 Å². The SMILES string of the molecule is Cc1cccc(CN2C(=O)C(=O)c3ccc(Br)cc32)n1. The number of ketones is 1. The molecule has 1 aromatic heterocycles. The molecule has 0 fully saturated rings. The number of rotatable bonds is 2. The van der Waals surface area contributed by atoms with Crippen LogP contribution in [0.4, 0.5) is 5.69 Å². The van der Waals surface area contributed by atoms with Gasteiger partial charge in [-0.15, -0.1) is 0 Å². The van der Waals surface area contributed by atoms with E-state index in [1.807, 2.05) is 25.1 Å². The van der Waals surface area contributed by atoms with E-state index >= 15 is 0 Å². The van der Waals surface area contributed by atoms with Gasteiger partial charge in [0.2, 0.25) is 0 Å². The molecular formula is C15H11BrN2O2. The Labute approximate surface area is 124 Å². The third-order valence-corrected chi connectivity index (χ3v) is 3.69. The van der Waals surface area contributed by atoms with Gasteiger partial charge in [0.25, 0.3) is 11.7 Å². The summed E-state index contributed by atoms with van der Waals surface area (Å²) in [4.78, 5) is 29.9. The maximum absolute atomic E-state index is 12.1. The molecule has 0 atom stereocenters. The first kappa shape index (κ1) is 13.0. The molecule has 5 heteroatoms. The van der Waals surface area contributed by atoms with Gasteiger partial charge < -0.3 is 0 Å². The van der Waals surface area contributed by atoms with E-state index in [4.69, 9.17) is 0 Å². The Morgan fingerprint density at radius 2 is 2.00 bits per heavy atom. The van der Waals surface area contributed by atoms with Crippen molar-refractivity contribution in [3.63, 3.8) is 0 Å². The van der Waals surface area contributed by atoms with Crippen LogP contribution in [-0.2, 0) is 11.3 Å². The Morgan fingerprint density at radius 1 is 1.20 bits per heavy atom. The van der Waals surface area contributed by atoms with E-state index in [2.05, 4.69) is 20.9 Å². The van der Waals surface area contributed by atoms with E-state index in [-0.39, 0.29) is 0 Å². The van der Waals surface area contributed by atoms with Gasteiger partial charge in [-0.25, -0.2) is 0 Å². The van der Waals surface area contributed by atoms with Crippen molar-refractivity contribution in [1.29, 1.82) is 0 Å². The summed E-state index contributed by atoms with van der Waals surface area (Å²) in [6, 6.07) is 10.9. The highest BCUT2D eigenvalue weighted by molar-refractivity contribution is 9.10. The number of fused-ring (bicyclic) bond motifs is 1. The maximum Gasteiger partial charge on any atom is 0.299 e. The van der Waals surface area contributed by atoms with Gasteiger partial charge >= 0.3 is 0 Å². The molecule has 0 N–H and O–H groups in total. The summed E-state index contributed by atoms with van der Waals surface area (Å²) in [6.07, 6.45) is 0. The third-order valence-electron chi connectivity index (χ3n) is 3.20.